The minimum Gasteiger partial charge on any atom is -0.462 e. The fourth-order valence-electron chi connectivity index (χ4n) is 4.43. The first-order valence-electron chi connectivity index (χ1n) is 8.37. The molecule has 2 aliphatic carbocycles. The predicted molar refractivity (Wildman–Crippen MR) is 88.9 cm³/mol. The summed E-state index contributed by atoms with van der Waals surface area (Å²) in [5, 5.41) is 3.19. The normalized spacial score (nSPS) is 31.8. The monoisotopic (exact) mass is 363 g/mol. The van der Waals surface area contributed by atoms with Crippen LogP contribution in [-0.4, -0.2) is 30.6 Å². The van der Waals surface area contributed by atoms with Crippen LogP contribution in [0.25, 0.3) is 0 Å². The highest BCUT2D eigenvalue weighted by Crippen LogP contribution is 2.57. The Bertz CT molecular complexity index is 762. The van der Waals surface area contributed by atoms with Gasteiger partial charge >= 0.3 is 11.9 Å². The molecular formula is C18H18ClNO5. The second-order valence-corrected chi connectivity index (χ2v) is 7.45. The molecule has 1 aromatic rings. The average Bonchev–Trinajstić information content (AvgIpc) is 3.18. The molecule has 3 aliphatic rings. The summed E-state index contributed by atoms with van der Waals surface area (Å²) in [6, 6.07) is 5.16. The third-order valence-corrected chi connectivity index (χ3v) is 5.96. The third kappa shape index (κ3) is 2.78. The Morgan fingerprint density at radius 1 is 1.36 bits per heavy atom. The van der Waals surface area contributed by atoms with E-state index < -0.39 is 23.7 Å². The van der Waals surface area contributed by atoms with Crippen LogP contribution in [0.2, 0.25) is 5.02 Å². The van der Waals surface area contributed by atoms with E-state index in [2.05, 4.69) is 5.32 Å². The number of fused-ring (bicyclic) bond motifs is 1. The van der Waals surface area contributed by atoms with Crippen molar-refractivity contribution in [1.82, 2.24) is 0 Å². The zero-order valence-electron chi connectivity index (χ0n) is 13.7. The SMILES string of the molecule is Cc1ccc(NC(=O)COC(=O)C2C3CC4OC(=O)C2C4C3)cc1Cl. The Kier molecular flexibility index (Phi) is 3.95. The number of anilines is 1. The van der Waals surface area contributed by atoms with Crippen molar-refractivity contribution in [2.24, 2.45) is 23.7 Å². The number of esters is 2. The second-order valence-electron chi connectivity index (χ2n) is 7.04. The van der Waals surface area contributed by atoms with Crippen molar-refractivity contribution in [2.75, 3.05) is 11.9 Å². The molecule has 2 bridgehead atoms. The van der Waals surface area contributed by atoms with Crippen LogP contribution in [0.4, 0.5) is 5.69 Å². The summed E-state index contributed by atoms with van der Waals surface area (Å²) in [7, 11) is 0. The maximum absolute atomic E-state index is 12.4. The maximum atomic E-state index is 12.4. The van der Waals surface area contributed by atoms with Crippen LogP contribution in [-0.2, 0) is 23.9 Å². The van der Waals surface area contributed by atoms with Gasteiger partial charge in [-0.25, -0.2) is 0 Å². The highest BCUT2D eigenvalue weighted by Gasteiger charge is 2.64. The Labute approximate surface area is 149 Å². The van der Waals surface area contributed by atoms with Crippen LogP contribution in [0.15, 0.2) is 18.2 Å². The fraction of sp³-hybridized carbons (Fsp3) is 0.500. The molecule has 4 rings (SSSR count). The lowest BCUT2D eigenvalue weighted by Gasteiger charge is -2.22. The number of carbonyl (C=O) groups excluding carboxylic acids is 3. The molecule has 1 N–H and O–H groups in total. The van der Waals surface area contributed by atoms with E-state index in [4.69, 9.17) is 21.1 Å². The van der Waals surface area contributed by atoms with Crippen LogP contribution in [0.5, 0.6) is 0 Å². The van der Waals surface area contributed by atoms with Gasteiger partial charge < -0.3 is 14.8 Å². The van der Waals surface area contributed by atoms with Gasteiger partial charge in [0.2, 0.25) is 0 Å². The summed E-state index contributed by atoms with van der Waals surface area (Å²) in [5.74, 6) is -1.82. The number of benzene rings is 1. The van der Waals surface area contributed by atoms with Gasteiger partial charge in [0, 0.05) is 16.6 Å². The lowest BCUT2D eigenvalue weighted by molar-refractivity contribution is -0.157. The summed E-state index contributed by atoms with van der Waals surface area (Å²) in [6.45, 7) is 1.48. The van der Waals surface area contributed by atoms with E-state index in [1.165, 1.54) is 0 Å². The minimum absolute atomic E-state index is 0.0267. The molecule has 5 unspecified atom stereocenters. The van der Waals surface area contributed by atoms with Gasteiger partial charge in [-0.1, -0.05) is 17.7 Å². The molecule has 2 saturated carbocycles. The topological polar surface area (TPSA) is 81.7 Å². The molecule has 6 nitrogen and oxygen atoms in total. The van der Waals surface area contributed by atoms with Gasteiger partial charge in [0.15, 0.2) is 6.61 Å². The second kappa shape index (κ2) is 6.02. The van der Waals surface area contributed by atoms with E-state index >= 15 is 0 Å². The molecule has 1 heterocycles. The van der Waals surface area contributed by atoms with Crippen molar-refractivity contribution in [3.8, 4) is 0 Å². The summed E-state index contributed by atoms with van der Waals surface area (Å²) < 4.78 is 10.5. The zero-order chi connectivity index (χ0) is 17.7. The molecule has 7 heteroatoms. The molecule has 1 amide bonds. The highest BCUT2D eigenvalue weighted by molar-refractivity contribution is 6.31. The van der Waals surface area contributed by atoms with Gasteiger partial charge in [0.05, 0.1) is 11.8 Å². The van der Waals surface area contributed by atoms with Crippen molar-refractivity contribution in [3.63, 3.8) is 0 Å². The molecule has 132 valence electrons. The Morgan fingerprint density at radius 3 is 2.92 bits per heavy atom. The quantitative estimate of drug-likeness (QED) is 0.830. The third-order valence-electron chi connectivity index (χ3n) is 5.56. The number of amides is 1. The molecular weight excluding hydrogens is 346 g/mol. The van der Waals surface area contributed by atoms with Crippen LogP contribution in [0, 0.1) is 30.6 Å². The molecule has 5 atom stereocenters. The van der Waals surface area contributed by atoms with Crippen LogP contribution >= 0.6 is 11.6 Å². The summed E-state index contributed by atoms with van der Waals surface area (Å²) in [5.41, 5.74) is 1.45. The molecule has 0 radical (unpaired) electrons. The van der Waals surface area contributed by atoms with Crippen LogP contribution in [0.3, 0.4) is 0 Å². The number of hydrogen-bond donors (Lipinski definition) is 1. The Balaban J connectivity index is 1.34. The minimum atomic E-state index is -0.480. The lowest BCUT2D eigenvalue weighted by atomic mass is 9.80. The Morgan fingerprint density at radius 2 is 2.16 bits per heavy atom. The summed E-state index contributed by atoms with van der Waals surface area (Å²) >= 11 is 6.02. The lowest BCUT2D eigenvalue weighted by Crippen LogP contribution is -2.34. The number of halogens is 1. The number of carbonyl (C=O) groups is 3. The average molecular weight is 364 g/mol. The smallest absolute Gasteiger partial charge is 0.310 e. The van der Waals surface area contributed by atoms with Gasteiger partial charge in [-0.15, -0.1) is 0 Å². The fourth-order valence-corrected chi connectivity index (χ4v) is 4.61. The van der Waals surface area contributed by atoms with E-state index in [-0.39, 0.29) is 30.5 Å². The molecule has 0 spiro atoms. The molecule has 1 aromatic carbocycles. The van der Waals surface area contributed by atoms with Crippen molar-refractivity contribution >= 4 is 35.1 Å². The summed E-state index contributed by atoms with van der Waals surface area (Å²) in [4.78, 5) is 36.3. The number of nitrogens with one attached hydrogen (secondary N) is 1. The van der Waals surface area contributed by atoms with Gasteiger partial charge in [0.25, 0.3) is 5.91 Å². The molecule has 1 aliphatic heterocycles. The van der Waals surface area contributed by atoms with E-state index in [1.807, 2.05) is 6.92 Å². The van der Waals surface area contributed by atoms with E-state index in [0.717, 1.165) is 18.4 Å². The van der Waals surface area contributed by atoms with Crippen molar-refractivity contribution < 1.29 is 23.9 Å². The van der Waals surface area contributed by atoms with Crippen LogP contribution in [0.1, 0.15) is 18.4 Å². The summed E-state index contributed by atoms with van der Waals surface area (Å²) in [6.07, 6.45) is 1.52. The van der Waals surface area contributed by atoms with Crippen molar-refractivity contribution in [2.45, 2.75) is 25.9 Å². The first-order valence-corrected chi connectivity index (χ1v) is 8.75. The van der Waals surface area contributed by atoms with Gasteiger partial charge in [-0.3, -0.25) is 14.4 Å². The number of rotatable bonds is 4. The Hall–Kier alpha value is -2.08. The number of ether oxygens (including phenoxy) is 2. The standard InChI is InChI=1S/C18H18ClNO5/c1-8-2-3-10(6-12(8)19)20-14(21)7-24-17(22)15-9-4-11-13(5-9)25-18(23)16(11)15/h2-3,6,9,11,13,15-16H,4-5,7H2,1H3,(H,20,21). The van der Waals surface area contributed by atoms with Crippen LogP contribution < -0.4 is 5.32 Å². The van der Waals surface area contributed by atoms with E-state index in [0.29, 0.717) is 10.7 Å². The molecule has 3 fully saturated rings. The maximum Gasteiger partial charge on any atom is 0.310 e. The van der Waals surface area contributed by atoms with E-state index in [1.54, 1.807) is 18.2 Å². The molecule has 0 aromatic heterocycles. The highest BCUT2D eigenvalue weighted by atomic mass is 35.5. The largest absolute Gasteiger partial charge is 0.462 e. The predicted octanol–water partition coefficient (Wildman–Crippen LogP) is 2.33. The van der Waals surface area contributed by atoms with Gasteiger partial charge in [-0.05, 0) is 43.4 Å². The van der Waals surface area contributed by atoms with Crippen molar-refractivity contribution in [1.29, 1.82) is 0 Å². The number of aryl methyl sites for hydroxylation is 1. The van der Waals surface area contributed by atoms with E-state index in [9.17, 15) is 14.4 Å². The molecule has 1 saturated heterocycles. The number of hydrogen-bond acceptors (Lipinski definition) is 5. The molecule has 25 heavy (non-hydrogen) atoms. The first-order chi connectivity index (χ1) is 11.9. The first kappa shape index (κ1) is 16.4. The van der Waals surface area contributed by atoms with Gasteiger partial charge in [0.1, 0.15) is 6.10 Å². The zero-order valence-corrected chi connectivity index (χ0v) is 14.4. The van der Waals surface area contributed by atoms with Crippen molar-refractivity contribution in [3.05, 3.63) is 28.8 Å². The van der Waals surface area contributed by atoms with Gasteiger partial charge in [-0.2, -0.15) is 0 Å².